The molecule has 1 atom stereocenters. The highest BCUT2D eigenvalue weighted by atomic mass is 16.3. The minimum atomic E-state index is -0.538. The van der Waals surface area contributed by atoms with Crippen LogP contribution in [0, 0.1) is 0 Å². The van der Waals surface area contributed by atoms with E-state index in [0.29, 0.717) is 19.5 Å². The van der Waals surface area contributed by atoms with Gasteiger partial charge in [-0.3, -0.25) is 4.79 Å². The first-order valence-electron chi connectivity index (χ1n) is 8.68. The van der Waals surface area contributed by atoms with Crippen molar-refractivity contribution in [2.45, 2.75) is 84.2 Å². The molecule has 0 aromatic rings. The summed E-state index contributed by atoms with van der Waals surface area (Å²) in [5, 5.41) is 18.3. The molecule has 0 saturated carbocycles. The Hall–Kier alpha value is -0.610. The molecule has 0 aliphatic rings. The molecule has 0 bridgehead atoms. The van der Waals surface area contributed by atoms with Gasteiger partial charge in [0.1, 0.15) is 0 Å². The molecule has 1 unspecified atom stereocenters. The van der Waals surface area contributed by atoms with Crippen molar-refractivity contribution in [1.29, 1.82) is 0 Å². The molecular formula is C17H35NO3. The molecule has 0 aliphatic carbocycles. The number of amides is 1. The average molecular weight is 301 g/mol. The SMILES string of the molecule is CCCCCCCCCCCC(=O)N(CCO)CC(C)O. The predicted octanol–water partition coefficient (Wildman–Crippen LogP) is 3.11. The first-order valence-corrected chi connectivity index (χ1v) is 8.68. The first kappa shape index (κ1) is 20.4. The Morgan fingerprint density at radius 2 is 1.52 bits per heavy atom. The van der Waals surface area contributed by atoms with Gasteiger partial charge < -0.3 is 15.1 Å². The Labute approximate surface area is 130 Å². The zero-order valence-corrected chi connectivity index (χ0v) is 14.0. The third-order valence-corrected chi connectivity index (χ3v) is 3.70. The zero-order chi connectivity index (χ0) is 15.9. The number of unbranched alkanes of at least 4 members (excludes halogenated alkanes) is 8. The molecule has 0 heterocycles. The molecule has 2 N–H and O–H groups in total. The highest BCUT2D eigenvalue weighted by molar-refractivity contribution is 5.76. The summed E-state index contributed by atoms with van der Waals surface area (Å²) in [7, 11) is 0. The van der Waals surface area contributed by atoms with Gasteiger partial charge >= 0.3 is 0 Å². The summed E-state index contributed by atoms with van der Waals surface area (Å²) in [6.07, 6.45) is 11.1. The molecule has 1 amide bonds. The van der Waals surface area contributed by atoms with E-state index < -0.39 is 6.10 Å². The van der Waals surface area contributed by atoms with Gasteiger partial charge in [0.2, 0.25) is 5.91 Å². The van der Waals surface area contributed by atoms with Gasteiger partial charge in [-0.05, 0) is 13.3 Å². The predicted molar refractivity (Wildman–Crippen MR) is 87.2 cm³/mol. The van der Waals surface area contributed by atoms with E-state index in [1.807, 2.05) is 0 Å². The molecule has 0 aliphatic heterocycles. The van der Waals surface area contributed by atoms with Crippen LogP contribution in [0.15, 0.2) is 0 Å². The van der Waals surface area contributed by atoms with Crippen LogP contribution in [-0.2, 0) is 4.79 Å². The molecule has 0 aromatic heterocycles. The number of hydrogen-bond donors (Lipinski definition) is 2. The number of nitrogens with zero attached hydrogens (tertiary/aromatic N) is 1. The molecule has 0 saturated heterocycles. The summed E-state index contributed by atoms with van der Waals surface area (Å²) < 4.78 is 0. The minimum Gasteiger partial charge on any atom is -0.395 e. The van der Waals surface area contributed by atoms with Crippen molar-refractivity contribution in [2.24, 2.45) is 0 Å². The first-order chi connectivity index (χ1) is 10.1. The van der Waals surface area contributed by atoms with Crippen molar-refractivity contribution in [3.05, 3.63) is 0 Å². The average Bonchev–Trinajstić information content (AvgIpc) is 2.44. The second kappa shape index (κ2) is 14.3. The summed E-state index contributed by atoms with van der Waals surface area (Å²) in [6, 6.07) is 0. The maximum Gasteiger partial charge on any atom is 0.222 e. The Kier molecular flexibility index (Phi) is 13.9. The van der Waals surface area contributed by atoms with Crippen LogP contribution in [0.2, 0.25) is 0 Å². The van der Waals surface area contributed by atoms with Gasteiger partial charge in [-0.15, -0.1) is 0 Å². The fourth-order valence-corrected chi connectivity index (χ4v) is 2.50. The fraction of sp³-hybridized carbons (Fsp3) is 0.941. The molecule has 21 heavy (non-hydrogen) atoms. The van der Waals surface area contributed by atoms with Gasteiger partial charge in [0.15, 0.2) is 0 Å². The fourth-order valence-electron chi connectivity index (χ4n) is 2.50. The van der Waals surface area contributed by atoms with Crippen LogP contribution in [0.4, 0.5) is 0 Å². The number of rotatable bonds is 14. The Bertz CT molecular complexity index is 244. The minimum absolute atomic E-state index is 0.0454. The number of carbonyl (C=O) groups is 1. The largest absolute Gasteiger partial charge is 0.395 e. The van der Waals surface area contributed by atoms with Crippen molar-refractivity contribution in [2.75, 3.05) is 19.7 Å². The maximum atomic E-state index is 12.0. The van der Waals surface area contributed by atoms with Gasteiger partial charge in [0, 0.05) is 19.5 Å². The van der Waals surface area contributed by atoms with E-state index in [9.17, 15) is 9.90 Å². The van der Waals surface area contributed by atoms with E-state index in [0.717, 1.165) is 12.8 Å². The van der Waals surface area contributed by atoms with Crippen molar-refractivity contribution >= 4 is 5.91 Å². The van der Waals surface area contributed by atoms with Crippen LogP contribution in [0.25, 0.3) is 0 Å². The molecule has 0 aromatic carbocycles. The standard InChI is InChI=1S/C17H35NO3/c1-3-4-5-6-7-8-9-10-11-12-17(21)18(13-14-19)15-16(2)20/h16,19-20H,3-15H2,1-2H3. The van der Waals surface area contributed by atoms with Crippen LogP contribution in [0.3, 0.4) is 0 Å². The van der Waals surface area contributed by atoms with Crippen molar-refractivity contribution in [3.8, 4) is 0 Å². The Morgan fingerprint density at radius 1 is 1.00 bits per heavy atom. The molecule has 126 valence electrons. The third kappa shape index (κ3) is 12.8. The highest BCUT2D eigenvalue weighted by Gasteiger charge is 2.14. The molecule has 4 nitrogen and oxygen atoms in total. The zero-order valence-electron chi connectivity index (χ0n) is 14.0. The van der Waals surface area contributed by atoms with Gasteiger partial charge in [0.25, 0.3) is 0 Å². The van der Waals surface area contributed by atoms with Gasteiger partial charge in [-0.1, -0.05) is 58.3 Å². The highest BCUT2D eigenvalue weighted by Crippen LogP contribution is 2.11. The lowest BCUT2D eigenvalue weighted by Gasteiger charge is -2.23. The maximum absolute atomic E-state index is 12.0. The van der Waals surface area contributed by atoms with Crippen LogP contribution < -0.4 is 0 Å². The van der Waals surface area contributed by atoms with E-state index in [1.54, 1.807) is 11.8 Å². The molecule has 0 radical (unpaired) electrons. The monoisotopic (exact) mass is 301 g/mol. The summed E-state index contributed by atoms with van der Waals surface area (Å²) >= 11 is 0. The van der Waals surface area contributed by atoms with Crippen molar-refractivity contribution < 1.29 is 15.0 Å². The van der Waals surface area contributed by atoms with Crippen LogP contribution >= 0.6 is 0 Å². The van der Waals surface area contributed by atoms with Crippen LogP contribution in [0.5, 0.6) is 0 Å². The molecule has 0 rings (SSSR count). The van der Waals surface area contributed by atoms with E-state index in [-0.39, 0.29) is 12.5 Å². The summed E-state index contributed by atoms with van der Waals surface area (Å²) in [6.45, 7) is 4.49. The lowest BCUT2D eigenvalue weighted by molar-refractivity contribution is -0.133. The van der Waals surface area contributed by atoms with Crippen LogP contribution in [0.1, 0.15) is 78.1 Å². The molecule has 0 spiro atoms. The summed E-state index contributed by atoms with van der Waals surface area (Å²) in [5.41, 5.74) is 0. The van der Waals surface area contributed by atoms with E-state index in [2.05, 4.69) is 6.92 Å². The normalized spacial score (nSPS) is 12.4. The van der Waals surface area contributed by atoms with E-state index >= 15 is 0 Å². The van der Waals surface area contributed by atoms with Crippen molar-refractivity contribution in [1.82, 2.24) is 4.90 Å². The molecule has 0 fully saturated rings. The lowest BCUT2D eigenvalue weighted by atomic mass is 10.1. The Morgan fingerprint density at radius 3 is 2.00 bits per heavy atom. The third-order valence-electron chi connectivity index (χ3n) is 3.70. The number of aliphatic hydroxyl groups excluding tert-OH is 2. The second-order valence-electron chi connectivity index (χ2n) is 5.99. The molecular weight excluding hydrogens is 266 g/mol. The van der Waals surface area contributed by atoms with Gasteiger partial charge in [-0.25, -0.2) is 0 Å². The van der Waals surface area contributed by atoms with E-state index in [1.165, 1.54) is 44.9 Å². The summed E-state index contributed by atoms with van der Waals surface area (Å²) in [4.78, 5) is 13.5. The Balaban J connectivity index is 3.58. The van der Waals surface area contributed by atoms with Crippen LogP contribution in [-0.4, -0.2) is 46.8 Å². The smallest absolute Gasteiger partial charge is 0.222 e. The van der Waals surface area contributed by atoms with Crippen molar-refractivity contribution in [3.63, 3.8) is 0 Å². The topological polar surface area (TPSA) is 60.8 Å². The molecule has 4 heteroatoms. The summed E-state index contributed by atoms with van der Waals surface area (Å²) in [5.74, 6) is 0.0490. The number of carbonyl (C=O) groups excluding carboxylic acids is 1. The lowest BCUT2D eigenvalue weighted by Crippen LogP contribution is -2.38. The van der Waals surface area contributed by atoms with E-state index in [4.69, 9.17) is 5.11 Å². The van der Waals surface area contributed by atoms with Gasteiger partial charge in [-0.2, -0.15) is 0 Å². The quantitative estimate of drug-likeness (QED) is 0.485. The van der Waals surface area contributed by atoms with Gasteiger partial charge in [0.05, 0.1) is 12.7 Å². The number of hydrogen-bond acceptors (Lipinski definition) is 3. The second-order valence-corrected chi connectivity index (χ2v) is 5.99. The number of aliphatic hydroxyl groups is 2.